The fourth-order valence-corrected chi connectivity index (χ4v) is 3.05. The maximum Gasteiger partial charge on any atom is 0.317 e. The van der Waals surface area contributed by atoms with Crippen LogP contribution in [-0.2, 0) is 7.05 Å². The molecule has 1 saturated heterocycles. The molecule has 25 heavy (non-hydrogen) atoms. The lowest BCUT2D eigenvalue weighted by atomic mass is 10.0. The van der Waals surface area contributed by atoms with Gasteiger partial charge in [0.25, 0.3) is 0 Å². The number of aromatic nitrogens is 3. The van der Waals surface area contributed by atoms with Crippen molar-refractivity contribution in [2.24, 2.45) is 7.05 Å². The Morgan fingerprint density at radius 1 is 1.32 bits per heavy atom. The molecule has 1 aromatic carbocycles. The number of likely N-dealkylation sites (tertiary alicyclic amines) is 1. The zero-order valence-electron chi connectivity index (χ0n) is 14.4. The molecule has 2 aromatic rings. The summed E-state index contributed by atoms with van der Waals surface area (Å²) in [6, 6.07) is 6.50. The number of carbonyl (C=O) groups excluding carboxylic acids is 1. The van der Waals surface area contributed by atoms with E-state index in [9.17, 15) is 9.18 Å². The van der Waals surface area contributed by atoms with Crippen LogP contribution in [0, 0.1) is 5.82 Å². The monoisotopic (exact) mass is 346 g/mol. The summed E-state index contributed by atoms with van der Waals surface area (Å²) in [6.07, 6.45) is 3.16. The van der Waals surface area contributed by atoms with Gasteiger partial charge in [-0.2, -0.15) is 0 Å². The van der Waals surface area contributed by atoms with Crippen molar-refractivity contribution in [3.63, 3.8) is 0 Å². The number of halogens is 1. The van der Waals surface area contributed by atoms with E-state index in [1.165, 1.54) is 6.07 Å². The molecule has 1 fully saturated rings. The molecule has 1 atom stereocenters. The van der Waals surface area contributed by atoms with Crippen molar-refractivity contribution in [2.75, 3.05) is 18.4 Å². The van der Waals surface area contributed by atoms with Gasteiger partial charge in [-0.15, -0.1) is 10.2 Å². The Morgan fingerprint density at radius 2 is 2.04 bits per heavy atom. The van der Waals surface area contributed by atoms with Gasteiger partial charge in [-0.05, 0) is 31.9 Å². The minimum Gasteiger partial charge on any atom is -0.380 e. The molecule has 1 aliphatic heterocycles. The van der Waals surface area contributed by atoms with E-state index >= 15 is 0 Å². The van der Waals surface area contributed by atoms with Gasteiger partial charge in [0.2, 0.25) is 0 Å². The van der Waals surface area contributed by atoms with Gasteiger partial charge in [-0.25, -0.2) is 9.18 Å². The fraction of sp³-hybridized carbons (Fsp3) is 0.471. The average molecular weight is 346 g/mol. The lowest BCUT2D eigenvalue weighted by Crippen LogP contribution is -2.47. The van der Waals surface area contributed by atoms with E-state index in [-0.39, 0.29) is 23.9 Å². The number of hydrogen-bond donors (Lipinski definition) is 2. The summed E-state index contributed by atoms with van der Waals surface area (Å²) in [5.41, 5.74) is 0.515. The normalized spacial score (nSPS) is 16.5. The first-order chi connectivity index (χ1) is 12.0. The number of carbonyl (C=O) groups is 1. The molecule has 0 aliphatic carbocycles. The Labute approximate surface area is 146 Å². The second-order valence-corrected chi connectivity index (χ2v) is 6.36. The molecule has 7 nitrogen and oxygen atoms in total. The predicted octanol–water partition coefficient (Wildman–Crippen LogP) is 2.30. The first-order valence-electron chi connectivity index (χ1n) is 8.45. The number of amides is 2. The molecule has 0 unspecified atom stereocenters. The van der Waals surface area contributed by atoms with E-state index in [1.54, 1.807) is 27.9 Å². The van der Waals surface area contributed by atoms with Crippen molar-refractivity contribution in [1.82, 2.24) is 25.0 Å². The number of para-hydroxylation sites is 1. The van der Waals surface area contributed by atoms with Gasteiger partial charge in [0, 0.05) is 26.2 Å². The summed E-state index contributed by atoms with van der Waals surface area (Å²) >= 11 is 0. The van der Waals surface area contributed by atoms with E-state index < -0.39 is 0 Å². The van der Waals surface area contributed by atoms with Gasteiger partial charge >= 0.3 is 6.03 Å². The van der Waals surface area contributed by atoms with E-state index in [1.807, 2.05) is 20.0 Å². The van der Waals surface area contributed by atoms with Crippen molar-refractivity contribution in [3.05, 3.63) is 42.2 Å². The highest BCUT2D eigenvalue weighted by Gasteiger charge is 2.25. The van der Waals surface area contributed by atoms with Gasteiger partial charge < -0.3 is 20.1 Å². The fourth-order valence-electron chi connectivity index (χ4n) is 3.05. The SMILES string of the molecule is C[C@@H](NC(=O)N1CCC(Nc2ccccc2F)CC1)c1nncn1C. The maximum absolute atomic E-state index is 13.7. The smallest absolute Gasteiger partial charge is 0.317 e. The van der Waals surface area contributed by atoms with E-state index in [0.717, 1.165) is 12.8 Å². The van der Waals surface area contributed by atoms with Crippen LogP contribution in [0.25, 0.3) is 0 Å². The summed E-state index contributed by atoms with van der Waals surface area (Å²) in [4.78, 5) is 14.2. The van der Waals surface area contributed by atoms with Crippen LogP contribution in [0.1, 0.15) is 31.6 Å². The predicted molar refractivity (Wildman–Crippen MR) is 92.6 cm³/mol. The highest BCUT2D eigenvalue weighted by Crippen LogP contribution is 2.19. The number of aryl methyl sites for hydroxylation is 1. The Balaban J connectivity index is 1.49. The first kappa shape index (κ1) is 17.2. The maximum atomic E-state index is 13.7. The van der Waals surface area contributed by atoms with E-state index in [2.05, 4.69) is 20.8 Å². The van der Waals surface area contributed by atoms with Crippen LogP contribution in [0.15, 0.2) is 30.6 Å². The van der Waals surface area contributed by atoms with Crippen LogP contribution in [0.5, 0.6) is 0 Å². The number of nitrogens with one attached hydrogen (secondary N) is 2. The number of hydrogen-bond acceptors (Lipinski definition) is 4. The third-order valence-electron chi connectivity index (χ3n) is 4.49. The van der Waals surface area contributed by atoms with Crippen molar-refractivity contribution in [3.8, 4) is 0 Å². The molecule has 2 N–H and O–H groups in total. The number of nitrogens with zero attached hydrogens (tertiary/aromatic N) is 4. The minimum atomic E-state index is -0.250. The molecule has 2 amide bonds. The van der Waals surface area contributed by atoms with Crippen molar-refractivity contribution in [2.45, 2.75) is 31.8 Å². The number of benzene rings is 1. The lowest BCUT2D eigenvalue weighted by Gasteiger charge is -2.33. The summed E-state index contributed by atoms with van der Waals surface area (Å²) in [6.45, 7) is 3.14. The minimum absolute atomic E-state index is 0.111. The quantitative estimate of drug-likeness (QED) is 0.891. The van der Waals surface area contributed by atoms with Crippen molar-refractivity contribution < 1.29 is 9.18 Å². The van der Waals surface area contributed by atoms with E-state index in [4.69, 9.17) is 0 Å². The van der Waals surface area contributed by atoms with Gasteiger partial charge in [-0.1, -0.05) is 12.1 Å². The Hall–Kier alpha value is -2.64. The van der Waals surface area contributed by atoms with Gasteiger partial charge in [0.1, 0.15) is 12.1 Å². The van der Waals surface area contributed by atoms with Crippen LogP contribution < -0.4 is 10.6 Å². The Kier molecular flexibility index (Phi) is 5.16. The molecule has 0 radical (unpaired) electrons. The third kappa shape index (κ3) is 4.07. The molecule has 0 spiro atoms. The summed E-state index contributed by atoms with van der Waals surface area (Å²) in [5, 5.41) is 14.0. The highest BCUT2D eigenvalue weighted by atomic mass is 19.1. The van der Waals surface area contributed by atoms with Crippen LogP contribution in [0.2, 0.25) is 0 Å². The molecule has 8 heteroatoms. The number of piperidine rings is 1. The van der Waals surface area contributed by atoms with Gasteiger partial charge in [0.05, 0.1) is 11.7 Å². The van der Waals surface area contributed by atoms with Gasteiger partial charge in [-0.3, -0.25) is 0 Å². The van der Waals surface area contributed by atoms with Crippen molar-refractivity contribution >= 4 is 11.7 Å². The summed E-state index contributed by atoms with van der Waals surface area (Å²) in [7, 11) is 1.85. The van der Waals surface area contributed by atoms with Crippen LogP contribution in [-0.4, -0.2) is 44.8 Å². The highest BCUT2D eigenvalue weighted by molar-refractivity contribution is 5.74. The number of anilines is 1. The van der Waals surface area contributed by atoms with Crippen LogP contribution in [0.3, 0.4) is 0 Å². The number of rotatable bonds is 4. The summed E-state index contributed by atoms with van der Waals surface area (Å²) < 4.78 is 15.5. The largest absolute Gasteiger partial charge is 0.380 e. The van der Waals surface area contributed by atoms with Crippen LogP contribution >= 0.6 is 0 Å². The molecule has 1 aliphatic rings. The molecule has 0 bridgehead atoms. The first-order valence-corrected chi connectivity index (χ1v) is 8.45. The topological polar surface area (TPSA) is 75.1 Å². The Bertz CT molecular complexity index is 725. The number of urea groups is 1. The molecule has 134 valence electrons. The second kappa shape index (κ2) is 7.50. The molecule has 3 rings (SSSR count). The zero-order chi connectivity index (χ0) is 17.8. The van der Waals surface area contributed by atoms with Crippen molar-refractivity contribution in [1.29, 1.82) is 0 Å². The molecule has 0 saturated carbocycles. The average Bonchev–Trinajstić information content (AvgIpc) is 3.03. The second-order valence-electron chi connectivity index (χ2n) is 6.36. The van der Waals surface area contributed by atoms with E-state index in [0.29, 0.717) is 24.6 Å². The lowest BCUT2D eigenvalue weighted by molar-refractivity contribution is 0.180. The van der Waals surface area contributed by atoms with Gasteiger partial charge in [0.15, 0.2) is 5.82 Å². The Morgan fingerprint density at radius 3 is 2.68 bits per heavy atom. The third-order valence-corrected chi connectivity index (χ3v) is 4.49. The summed E-state index contributed by atoms with van der Waals surface area (Å²) in [5.74, 6) is 0.463. The molecular formula is C17H23FN6O. The molecule has 1 aromatic heterocycles. The standard InChI is InChI=1S/C17H23FN6O/c1-12(16-22-19-11-23(16)2)20-17(25)24-9-7-13(8-10-24)21-15-6-4-3-5-14(15)18/h3-6,11-13,21H,7-10H2,1-2H3,(H,20,25)/t12-/m1/s1. The zero-order valence-corrected chi connectivity index (χ0v) is 14.4. The van der Waals surface area contributed by atoms with Crippen LogP contribution in [0.4, 0.5) is 14.9 Å². The molecular weight excluding hydrogens is 323 g/mol. The molecule has 2 heterocycles.